The van der Waals surface area contributed by atoms with Gasteiger partial charge in [0.2, 0.25) is 0 Å². The van der Waals surface area contributed by atoms with Crippen LogP contribution in [0.15, 0.2) is 121 Å². The van der Waals surface area contributed by atoms with Crippen molar-refractivity contribution < 1.29 is 0 Å². The van der Waals surface area contributed by atoms with Gasteiger partial charge in [-0.05, 0) is 114 Å². The third kappa shape index (κ3) is 5.69. The van der Waals surface area contributed by atoms with Gasteiger partial charge in [-0.15, -0.1) is 22.7 Å². The first-order valence-electron chi connectivity index (χ1n) is 20.3. The number of hydrogen-bond acceptors (Lipinski definition) is 2. The Morgan fingerprint density at radius 1 is 0.352 bits per heavy atom. The molecule has 10 aromatic rings. The molecule has 0 saturated carbocycles. The lowest BCUT2D eigenvalue weighted by atomic mass is 9.88. The number of rotatable bonds is 13. The van der Waals surface area contributed by atoms with Crippen molar-refractivity contribution in [2.45, 2.75) is 78.1 Å². The smallest absolute Gasteiger partial charge is 0.0530 e. The van der Waals surface area contributed by atoms with Crippen LogP contribution in [0.2, 0.25) is 0 Å². The van der Waals surface area contributed by atoms with E-state index < -0.39 is 0 Å². The highest BCUT2D eigenvalue weighted by Crippen LogP contribution is 2.52. The van der Waals surface area contributed by atoms with E-state index in [4.69, 9.17) is 0 Å². The third-order valence-corrected chi connectivity index (χ3v) is 14.5. The van der Waals surface area contributed by atoms with Gasteiger partial charge in [-0.3, -0.25) is 0 Å². The van der Waals surface area contributed by atoms with Crippen molar-refractivity contribution in [3.05, 3.63) is 131 Å². The highest BCUT2D eigenvalue weighted by atomic mass is 32.1. The molecule has 0 radical (unpaired) electrons. The Hall–Kier alpha value is -4.76. The molecule has 10 rings (SSSR count). The standard InChI is InChI=1S/C52H46S2/c1-3-5-7-9-17-39-31-45(41-27-23-37-21-19-33-13-11-15-35-25-29-43(41)49(37)47(33)35)51(53-39)52-46(32-40(54-52)18-10-8-6-4-2)42-28-24-38-22-20-34-14-12-16-36-26-30-44(42)50(38)48(34)36/h11-16,19-32H,3-10,17-18H2,1-2H3. The Balaban J connectivity index is 1.21. The fourth-order valence-corrected chi connectivity index (χ4v) is 11.8. The molecule has 0 aliphatic rings. The highest BCUT2D eigenvalue weighted by molar-refractivity contribution is 7.23. The number of hydrogen-bond donors (Lipinski definition) is 0. The van der Waals surface area contributed by atoms with Gasteiger partial charge >= 0.3 is 0 Å². The minimum absolute atomic E-state index is 1.15. The summed E-state index contributed by atoms with van der Waals surface area (Å²) in [6.07, 6.45) is 12.5. The summed E-state index contributed by atoms with van der Waals surface area (Å²) in [6, 6.07) is 47.0. The van der Waals surface area contributed by atoms with Crippen LogP contribution in [0.3, 0.4) is 0 Å². The lowest BCUT2D eigenvalue weighted by molar-refractivity contribution is 0.670. The van der Waals surface area contributed by atoms with Crippen molar-refractivity contribution in [2.75, 3.05) is 0 Å². The summed E-state index contributed by atoms with van der Waals surface area (Å²) in [5.41, 5.74) is 5.54. The molecule has 0 atom stereocenters. The SMILES string of the molecule is CCCCCCc1cc(-c2ccc3ccc4cccc5ccc2c3c45)c(-c2sc(CCCCCC)cc2-c2ccc3ccc4cccc5ccc2c3c45)s1. The van der Waals surface area contributed by atoms with Gasteiger partial charge in [-0.25, -0.2) is 0 Å². The molecule has 0 amide bonds. The highest BCUT2D eigenvalue weighted by Gasteiger charge is 2.24. The van der Waals surface area contributed by atoms with Crippen LogP contribution in [0.25, 0.3) is 96.6 Å². The maximum atomic E-state index is 2.58. The van der Waals surface area contributed by atoms with E-state index >= 15 is 0 Å². The van der Waals surface area contributed by atoms with Crippen LogP contribution < -0.4 is 0 Å². The van der Waals surface area contributed by atoms with Gasteiger partial charge < -0.3 is 0 Å². The second-order valence-corrected chi connectivity index (χ2v) is 17.7. The molecule has 0 nitrogen and oxygen atoms in total. The molecule has 0 bridgehead atoms. The van der Waals surface area contributed by atoms with Gasteiger partial charge in [-0.1, -0.05) is 162 Å². The molecule has 0 aliphatic carbocycles. The minimum Gasteiger partial charge on any atom is -0.139 e. The van der Waals surface area contributed by atoms with E-state index in [0.29, 0.717) is 0 Å². The van der Waals surface area contributed by atoms with Crippen LogP contribution in [-0.4, -0.2) is 0 Å². The van der Waals surface area contributed by atoms with Crippen molar-refractivity contribution in [3.8, 4) is 32.0 Å². The summed E-state index contributed by atoms with van der Waals surface area (Å²) >= 11 is 4.13. The van der Waals surface area contributed by atoms with Crippen LogP contribution in [0.4, 0.5) is 0 Å². The summed E-state index contributed by atoms with van der Waals surface area (Å²) in [5.74, 6) is 0. The van der Waals surface area contributed by atoms with E-state index in [0.717, 1.165) is 12.8 Å². The lowest BCUT2D eigenvalue weighted by Crippen LogP contribution is -1.88. The predicted molar refractivity (Wildman–Crippen MR) is 242 cm³/mol. The molecule has 8 aromatic carbocycles. The normalized spacial score (nSPS) is 12.3. The molecule has 0 aliphatic heterocycles. The van der Waals surface area contributed by atoms with Crippen molar-refractivity contribution in [1.29, 1.82) is 0 Å². The van der Waals surface area contributed by atoms with E-state index in [1.165, 1.54) is 158 Å². The second kappa shape index (κ2) is 14.1. The fourth-order valence-electron chi connectivity index (χ4n) is 9.26. The first-order chi connectivity index (χ1) is 26.7. The van der Waals surface area contributed by atoms with Crippen LogP contribution in [0.1, 0.15) is 75.0 Å². The monoisotopic (exact) mass is 734 g/mol. The maximum absolute atomic E-state index is 2.58. The van der Waals surface area contributed by atoms with E-state index in [1.54, 1.807) is 0 Å². The van der Waals surface area contributed by atoms with Crippen LogP contribution >= 0.6 is 22.7 Å². The maximum Gasteiger partial charge on any atom is 0.0530 e. The first kappa shape index (κ1) is 33.8. The summed E-state index contributed by atoms with van der Waals surface area (Å²) in [5, 5.41) is 16.3. The molecule has 0 fully saturated rings. The van der Waals surface area contributed by atoms with Gasteiger partial charge in [0, 0.05) is 20.9 Å². The topological polar surface area (TPSA) is 0 Å². The van der Waals surface area contributed by atoms with Crippen molar-refractivity contribution in [2.24, 2.45) is 0 Å². The second-order valence-electron chi connectivity index (χ2n) is 15.5. The Bertz CT molecular complexity index is 2680. The van der Waals surface area contributed by atoms with Crippen molar-refractivity contribution >= 4 is 87.3 Å². The lowest BCUT2D eigenvalue weighted by Gasteiger charge is -2.16. The molecule has 0 N–H and O–H groups in total. The Morgan fingerprint density at radius 2 is 0.722 bits per heavy atom. The number of benzene rings is 8. The van der Waals surface area contributed by atoms with Gasteiger partial charge in [0.25, 0.3) is 0 Å². The number of thiophene rings is 2. The average molecular weight is 735 g/mol. The number of unbranched alkanes of at least 4 members (excludes halogenated alkanes) is 6. The largest absolute Gasteiger partial charge is 0.139 e. The van der Waals surface area contributed by atoms with Gasteiger partial charge in [-0.2, -0.15) is 0 Å². The third-order valence-electron chi connectivity index (χ3n) is 12.0. The van der Waals surface area contributed by atoms with Crippen molar-refractivity contribution in [3.63, 3.8) is 0 Å². The molecule has 0 spiro atoms. The Labute approximate surface area is 326 Å². The molecule has 2 heteroatoms. The van der Waals surface area contributed by atoms with Crippen LogP contribution in [0, 0.1) is 0 Å². The molecular weight excluding hydrogens is 689 g/mol. The number of aryl methyl sites for hydroxylation is 2. The summed E-state index contributed by atoms with van der Waals surface area (Å²) < 4.78 is 0. The summed E-state index contributed by atoms with van der Waals surface area (Å²) in [4.78, 5) is 5.92. The zero-order valence-corrected chi connectivity index (χ0v) is 33.1. The molecule has 54 heavy (non-hydrogen) atoms. The van der Waals surface area contributed by atoms with Crippen molar-refractivity contribution in [1.82, 2.24) is 0 Å². The van der Waals surface area contributed by atoms with Crippen LogP contribution in [0.5, 0.6) is 0 Å². The van der Waals surface area contributed by atoms with E-state index in [-0.39, 0.29) is 0 Å². The van der Waals surface area contributed by atoms with Gasteiger partial charge in [0.1, 0.15) is 0 Å². The Morgan fingerprint density at radius 3 is 1.13 bits per heavy atom. The molecular formula is C52H46S2. The van der Waals surface area contributed by atoms with E-state index in [1.807, 2.05) is 0 Å². The molecule has 0 unspecified atom stereocenters. The molecule has 2 heterocycles. The van der Waals surface area contributed by atoms with Gasteiger partial charge in [0.05, 0.1) is 9.75 Å². The van der Waals surface area contributed by atoms with Gasteiger partial charge in [0.15, 0.2) is 0 Å². The Kier molecular flexibility index (Phi) is 8.85. The quantitative estimate of drug-likeness (QED) is 0.0817. The summed E-state index contributed by atoms with van der Waals surface area (Å²) in [7, 11) is 0. The first-order valence-corrected chi connectivity index (χ1v) is 21.9. The average Bonchev–Trinajstić information content (AvgIpc) is 3.83. The minimum atomic E-state index is 1.15. The molecule has 2 aromatic heterocycles. The van der Waals surface area contributed by atoms with E-state index in [2.05, 4.69) is 158 Å². The summed E-state index contributed by atoms with van der Waals surface area (Å²) in [6.45, 7) is 4.62. The predicted octanol–water partition coefficient (Wildman–Crippen LogP) is 16.9. The fraction of sp³-hybridized carbons (Fsp3) is 0.231. The molecule has 266 valence electrons. The van der Waals surface area contributed by atoms with E-state index in [9.17, 15) is 0 Å². The zero-order valence-electron chi connectivity index (χ0n) is 31.4. The zero-order chi connectivity index (χ0) is 36.2. The van der Waals surface area contributed by atoms with Crippen LogP contribution in [-0.2, 0) is 12.8 Å². The molecule has 0 saturated heterocycles.